The molecule has 1 aromatic rings. The van der Waals surface area contributed by atoms with E-state index in [1.807, 2.05) is 13.8 Å². The van der Waals surface area contributed by atoms with Gasteiger partial charge in [-0.05, 0) is 52.7 Å². The number of hydrogen-bond donors (Lipinski definition) is 1. The molecule has 0 saturated carbocycles. The summed E-state index contributed by atoms with van der Waals surface area (Å²) < 4.78 is 19.1. The maximum atomic E-state index is 13.5. The Morgan fingerprint density at radius 3 is 2.52 bits per heavy atom. The third-order valence-corrected chi connectivity index (χ3v) is 4.58. The number of ether oxygens (including phenoxy) is 1. The predicted octanol–water partition coefficient (Wildman–Crippen LogP) is 2.97. The highest BCUT2D eigenvalue weighted by atomic mass is 19.1. The van der Waals surface area contributed by atoms with Gasteiger partial charge in [0.05, 0.1) is 12.6 Å². The van der Waals surface area contributed by atoms with E-state index < -0.39 is 5.82 Å². The highest BCUT2D eigenvalue weighted by Crippen LogP contribution is 2.25. The van der Waals surface area contributed by atoms with E-state index in [2.05, 4.69) is 24.1 Å². The molecule has 0 aliphatic carbocycles. The average molecular weight is 322 g/mol. The fourth-order valence-corrected chi connectivity index (χ4v) is 3.30. The molecule has 1 aliphatic heterocycles. The number of nitrogens with one attached hydrogen (secondary N) is 1. The van der Waals surface area contributed by atoms with Crippen molar-refractivity contribution in [3.63, 3.8) is 0 Å². The second-order valence-corrected chi connectivity index (χ2v) is 6.50. The Labute approximate surface area is 138 Å². The van der Waals surface area contributed by atoms with Crippen LogP contribution in [0.1, 0.15) is 40.5 Å². The lowest BCUT2D eigenvalue weighted by atomic mass is 10.2. The molecule has 128 valence electrons. The number of halogens is 1. The monoisotopic (exact) mass is 322 g/mol. The molecule has 1 amide bonds. The molecule has 4 unspecified atom stereocenters. The van der Waals surface area contributed by atoms with Crippen LogP contribution < -0.4 is 10.1 Å². The van der Waals surface area contributed by atoms with E-state index in [0.717, 1.165) is 12.8 Å². The van der Waals surface area contributed by atoms with Gasteiger partial charge in [0, 0.05) is 12.1 Å². The number of hydrogen-bond acceptors (Lipinski definition) is 3. The van der Waals surface area contributed by atoms with Crippen molar-refractivity contribution in [2.24, 2.45) is 0 Å². The van der Waals surface area contributed by atoms with Crippen LogP contribution in [-0.4, -0.2) is 41.6 Å². The molecular weight excluding hydrogens is 295 g/mol. The van der Waals surface area contributed by atoms with Crippen molar-refractivity contribution >= 4 is 5.91 Å². The molecule has 1 heterocycles. The highest BCUT2D eigenvalue weighted by molar-refractivity contribution is 5.81. The SMILES string of the molecule is CC(CNC(=O)C(C)N1C(C)CCC1C)Oc1ccccc1F. The van der Waals surface area contributed by atoms with E-state index in [1.165, 1.54) is 6.07 Å². The minimum Gasteiger partial charge on any atom is -0.486 e. The standard InChI is InChI=1S/C18H27FN2O2/c1-12-9-10-13(2)21(12)15(4)18(22)20-11-14(3)23-17-8-6-5-7-16(17)19/h5-8,12-15H,9-11H2,1-4H3,(H,20,22). The van der Waals surface area contributed by atoms with Crippen molar-refractivity contribution in [1.29, 1.82) is 0 Å². The number of para-hydroxylation sites is 1. The van der Waals surface area contributed by atoms with Crippen LogP contribution in [0.5, 0.6) is 5.75 Å². The summed E-state index contributed by atoms with van der Waals surface area (Å²) >= 11 is 0. The molecule has 5 heteroatoms. The molecule has 1 fully saturated rings. The molecule has 1 aliphatic rings. The van der Waals surface area contributed by atoms with Crippen LogP contribution in [0, 0.1) is 5.82 Å². The Hall–Kier alpha value is -1.62. The number of nitrogens with zero attached hydrogens (tertiary/aromatic N) is 1. The largest absolute Gasteiger partial charge is 0.486 e. The zero-order valence-electron chi connectivity index (χ0n) is 14.4. The second kappa shape index (κ2) is 7.77. The second-order valence-electron chi connectivity index (χ2n) is 6.50. The fraction of sp³-hybridized carbons (Fsp3) is 0.611. The molecule has 4 nitrogen and oxygen atoms in total. The minimum atomic E-state index is -0.390. The molecule has 1 aromatic carbocycles. The maximum absolute atomic E-state index is 13.5. The summed E-state index contributed by atoms with van der Waals surface area (Å²) in [5.41, 5.74) is 0. The zero-order valence-corrected chi connectivity index (χ0v) is 14.4. The van der Waals surface area contributed by atoms with Crippen LogP contribution in [0.15, 0.2) is 24.3 Å². The van der Waals surface area contributed by atoms with E-state index in [9.17, 15) is 9.18 Å². The van der Waals surface area contributed by atoms with E-state index in [1.54, 1.807) is 18.2 Å². The summed E-state index contributed by atoms with van der Waals surface area (Å²) in [6.07, 6.45) is 1.97. The first-order valence-electron chi connectivity index (χ1n) is 8.36. The third-order valence-electron chi connectivity index (χ3n) is 4.58. The van der Waals surface area contributed by atoms with Crippen LogP contribution in [0.3, 0.4) is 0 Å². The summed E-state index contributed by atoms with van der Waals surface area (Å²) in [6, 6.07) is 6.98. The molecular formula is C18H27FN2O2. The Bertz CT molecular complexity index is 528. The van der Waals surface area contributed by atoms with Crippen LogP contribution in [0.25, 0.3) is 0 Å². The maximum Gasteiger partial charge on any atom is 0.237 e. The van der Waals surface area contributed by atoms with Gasteiger partial charge in [-0.15, -0.1) is 0 Å². The van der Waals surface area contributed by atoms with Gasteiger partial charge in [0.25, 0.3) is 0 Å². The number of likely N-dealkylation sites (tertiary alicyclic amines) is 1. The van der Waals surface area contributed by atoms with Gasteiger partial charge in [-0.2, -0.15) is 0 Å². The first-order chi connectivity index (χ1) is 10.9. The van der Waals surface area contributed by atoms with Crippen molar-refractivity contribution in [2.45, 2.75) is 64.8 Å². The van der Waals surface area contributed by atoms with E-state index in [-0.39, 0.29) is 23.8 Å². The van der Waals surface area contributed by atoms with E-state index >= 15 is 0 Å². The Morgan fingerprint density at radius 2 is 1.91 bits per heavy atom. The number of amides is 1. The minimum absolute atomic E-state index is 0.00502. The predicted molar refractivity (Wildman–Crippen MR) is 89.0 cm³/mol. The first-order valence-corrected chi connectivity index (χ1v) is 8.36. The molecule has 2 rings (SSSR count). The first kappa shape index (κ1) is 17.7. The van der Waals surface area contributed by atoms with Crippen LogP contribution in [0.2, 0.25) is 0 Å². The number of carbonyl (C=O) groups is 1. The van der Waals surface area contributed by atoms with Gasteiger partial charge in [0.15, 0.2) is 11.6 Å². The summed E-state index contributed by atoms with van der Waals surface area (Å²) in [5.74, 6) is -0.183. The molecule has 1 saturated heterocycles. The third kappa shape index (κ3) is 4.44. The lowest BCUT2D eigenvalue weighted by Crippen LogP contribution is -2.50. The summed E-state index contributed by atoms with van der Waals surface area (Å²) in [4.78, 5) is 14.6. The van der Waals surface area contributed by atoms with Gasteiger partial charge in [-0.3, -0.25) is 9.69 Å². The zero-order chi connectivity index (χ0) is 17.0. The van der Waals surface area contributed by atoms with Crippen LogP contribution in [-0.2, 0) is 4.79 Å². The van der Waals surface area contributed by atoms with Crippen molar-refractivity contribution in [3.8, 4) is 5.75 Å². The average Bonchev–Trinajstić information content (AvgIpc) is 2.85. The fourth-order valence-electron chi connectivity index (χ4n) is 3.30. The van der Waals surface area contributed by atoms with Gasteiger partial charge in [0.2, 0.25) is 5.91 Å². The van der Waals surface area contributed by atoms with E-state index in [0.29, 0.717) is 18.6 Å². The van der Waals surface area contributed by atoms with Crippen molar-refractivity contribution < 1.29 is 13.9 Å². The number of benzene rings is 1. The molecule has 0 bridgehead atoms. The van der Waals surface area contributed by atoms with Crippen LogP contribution >= 0.6 is 0 Å². The van der Waals surface area contributed by atoms with Crippen molar-refractivity contribution in [1.82, 2.24) is 10.2 Å². The number of rotatable bonds is 6. The molecule has 23 heavy (non-hydrogen) atoms. The summed E-state index contributed by atoms with van der Waals surface area (Å²) in [7, 11) is 0. The lowest BCUT2D eigenvalue weighted by molar-refractivity contribution is -0.127. The highest BCUT2D eigenvalue weighted by Gasteiger charge is 2.34. The lowest BCUT2D eigenvalue weighted by Gasteiger charge is -2.31. The van der Waals surface area contributed by atoms with Gasteiger partial charge in [-0.1, -0.05) is 12.1 Å². The summed E-state index contributed by atoms with van der Waals surface area (Å²) in [5, 5.41) is 2.91. The normalized spacial score (nSPS) is 24.2. The van der Waals surface area contributed by atoms with Gasteiger partial charge >= 0.3 is 0 Å². The quantitative estimate of drug-likeness (QED) is 0.875. The smallest absolute Gasteiger partial charge is 0.237 e. The van der Waals surface area contributed by atoms with E-state index in [4.69, 9.17) is 4.74 Å². The molecule has 4 atom stereocenters. The Balaban J connectivity index is 1.83. The molecule has 0 radical (unpaired) electrons. The Kier molecular flexibility index (Phi) is 5.99. The topological polar surface area (TPSA) is 41.6 Å². The molecule has 1 N–H and O–H groups in total. The van der Waals surface area contributed by atoms with Crippen molar-refractivity contribution in [3.05, 3.63) is 30.1 Å². The summed E-state index contributed by atoms with van der Waals surface area (Å²) in [6.45, 7) is 8.44. The number of carbonyl (C=O) groups excluding carboxylic acids is 1. The Morgan fingerprint density at radius 1 is 1.30 bits per heavy atom. The van der Waals surface area contributed by atoms with Crippen LogP contribution in [0.4, 0.5) is 4.39 Å². The van der Waals surface area contributed by atoms with Gasteiger partial charge in [-0.25, -0.2) is 4.39 Å². The van der Waals surface area contributed by atoms with Gasteiger partial charge in [0.1, 0.15) is 6.10 Å². The molecule has 0 spiro atoms. The molecule has 0 aromatic heterocycles. The van der Waals surface area contributed by atoms with Gasteiger partial charge < -0.3 is 10.1 Å². The van der Waals surface area contributed by atoms with Crippen molar-refractivity contribution in [2.75, 3.05) is 6.54 Å².